The molecule has 0 saturated heterocycles. The zero-order chi connectivity index (χ0) is 20.0. The van der Waals surface area contributed by atoms with Gasteiger partial charge in [-0.3, -0.25) is 14.8 Å². The maximum Gasteiger partial charge on any atom is 0.291 e. The van der Waals surface area contributed by atoms with Gasteiger partial charge in [-0.25, -0.2) is 0 Å². The molecule has 1 atom stereocenters. The first-order chi connectivity index (χ1) is 13.5. The van der Waals surface area contributed by atoms with Crippen LogP contribution in [0.25, 0.3) is 0 Å². The van der Waals surface area contributed by atoms with Gasteiger partial charge >= 0.3 is 0 Å². The molecule has 0 bridgehead atoms. The molecule has 146 valence electrons. The molecule has 2 aromatic carbocycles. The smallest absolute Gasteiger partial charge is 0.291 e. The first-order valence-electron chi connectivity index (χ1n) is 8.42. The summed E-state index contributed by atoms with van der Waals surface area (Å²) in [6, 6.07) is 17.4. The molecular formula is C18H18N4O4S2. The fourth-order valence-electron chi connectivity index (χ4n) is 2.25. The number of ether oxygens (including phenoxy) is 1. The van der Waals surface area contributed by atoms with E-state index < -0.39 is 22.0 Å². The normalized spacial score (nSPS) is 12.2. The average Bonchev–Trinajstić information content (AvgIpc) is 3.17. The fourth-order valence-corrected chi connectivity index (χ4v) is 4.21. The van der Waals surface area contributed by atoms with Crippen molar-refractivity contribution in [1.29, 1.82) is 0 Å². The number of anilines is 2. The Morgan fingerprint density at radius 3 is 2.36 bits per heavy atom. The number of benzene rings is 2. The molecule has 28 heavy (non-hydrogen) atoms. The summed E-state index contributed by atoms with van der Waals surface area (Å²) in [4.78, 5) is 12.4. The van der Waals surface area contributed by atoms with E-state index in [0.29, 0.717) is 17.9 Å². The van der Waals surface area contributed by atoms with Gasteiger partial charge in [-0.1, -0.05) is 54.7 Å². The van der Waals surface area contributed by atoms with Gasteiger partial charge < -0.3 is 4.74 Å². The number of para-hydroxylation sites is 2. The number of aromatic nitrogens is 2. The molecule has 1 heterocycles. The highest BCUT2D eigenvalue weighted by Crippen LogP contribution is 2.23. The molecule has 8 nitrogen and oxygen atoms in total. The van der Waals surface area contributed by atoms with Crippen LogP contribution in [0.4, 0.5) is 10.8 Å². The van der Waals surface area contributed by atoms with E-state index in [2.05, 4.69) is 20.2 Å². The van der Waals surface area contributed by atoms with Gasteiger partial charge in [0, 0.05) is 5.69 Å². The number of carbonyl (C=O) groups excluding carboxylic acids is 1. The van der Waals surface area contributed by atoms with Crippen LogP contribution in [0.15, 0.2) is 65.0 Å². The lowest BCUT2D eigenvalue weighted by molar-refractivity contribution is -0.122. The van der Waals surface area contributed by atoms with Crippen molar-refractivity contribution >= 4 is 38.1 Å². The summed E-state index contributed by atoms with van der Waals surface area (Å²) in [6.45, 7) is 1.81. The van der Waals surface area contributed by atoms with E-state index in [4.69, 9.17) is 4.74 Å². The van der Waals surface area contributed by atoms with E-state index in [1.165, 1.54) is 0 Å². The van der Waals surface area contributed by atoms with E-state index in [9.17, 15) is 13.2 Å². The van der Waals surface area contributed by atoms with Crippen LogP contribution in [0.1, 0.15) is 13.3 Å². The zero-order valence-corrected chi connectivity index (χ0v) is 16.5. The first-order valence-corrected chi connectivity index (χ1v) is 10.7. The molecular weight excluding hydrogens is 400 g/mol. The second-order valence-electron chi connectivity index (χ2n) is 5.66. The van der Waals surface area contributed by atoms with Crippen molar-refractivity contribution in [3.63, 3.8) is 0 Å². The van der Waals surface area contributed by atoms with E-state index in [1.54, 1.807) is 42.5 Å². The van der Waals surface area contributed by atoms with Gasteiger partial charge in [0.15, 0.2) is 6.10 Å². The number of hydrogen-bond donors (Lipinski definition) is 2. The van der Waals surface area contributed by atoms with E-state index in [0.717, 1.165) is 11.3 Å². The summed E-state index contributed by atoms with van der Waals surface area (Å²) in [5, 5.41) is 10.1. The Labute approximate surface area is 166 Å². The number of hydrogen-bond acceptors (Lipinski definition) is 7. The summed E-state index contributed by atoms with van der Waals surface area (Å²) < 4.78 is 32.6. The van der Waals surface area contributed by atoms with Crippen molar-refractivity contribution in [2.75, 3.05) is 10.0 Å². The summed E-state index contributed by atoms with van der Waals surface area (Å²) in [6.07, 6.45) is -0.311. The highest BCUT2D eigenvalue weighted by atomic mass is 32.2. The molecule has 2 N–H and O–H groups in total. The number of sulfonamides is 1. The number of amides is 1. The third-order valence-corrected chi connectivity index (χ3v) is 6.16. The second-order valence-corrected chi connectivity index (χ2v) is 8.50. The Kier molecular flexibility index (Phi) is 6.22. The minimum absolute atomic E-state index is 0.0774. The van der Waals surface area contributed by atoms with Crippen molar-refractivity contribution in [2.24, 2.45) is 0 Å². The van der Waals surface area contributed by atoms with Crippen LogP contribution in [-0.2, 0) is 14.8 Å². The highest BCUT2D eigenvalue weighted by Gasteiger charge is 2.24. The maximum absolute atomic E-state index is 12.4. The van der Waals surface area contributed by atoms with Gasteiger partial charge in [0.25, 0.3) is 20.3 Å². The number of rotatable bonds is 8. The van der Waals surface area contributed by atoms with Crippen LogP contribution >= 0.6 is 11.3 Å². The van der Waals surface area contributed by atoms with Crippen LogP contribution in [-0.4, -0.2) is 30.6 Å². The molecule has 0 spiro atoms. The first kappa shape index (κ1) is 19.8. The monoisotopic (exact) mass is 418 g/mol. The molecule has 1 aromatic heterocycles. The molecule has 0 fully saturated rings. The maximum atomic E-state index is 12.4. The lowest BCUT2D eigenvalue weighted by Gasteiger charge is -2.16. The topological polar surface area (TPSA) is 110 Å². The van der Waals surface area contributed by atoms with Crippen molar-refractivity contribution < 1.29 is 17.9 Å². The third kappa shape index (κ3) is 5.05. The number of carbonyl (C=O) groups is 1. The predicted octanol–water partition coefficient (Wildman–Crippen LogP) is 3.14. The van der Waals surface area contributed by atoms with Gasteiger partial charge in [0.2, 0.25) is 5.13 Å². The van der Waals surface area contributed by atoms with Crippen LogP contribution < -0.4 is 14.8 Å². The molecule has 0 unspecified atom stereocenters. The van der Waals surface area contributed by atoms with Crippen molar-refractivity contribution in [2.45, 2.75) is 23.8 Å². The molecule has 10 heteroatoms. The molecule has 3 aromatic rings. The van der Waals surface area contributed by atoms with Crippen molar-refractivity contribution in [1.82, 2.24) is 10.2 Å². The summed E-state index contributed by atoms with van der Waals surface area (Å²) >= 11 is 0.761. The summed E-state index contributed by atoms with van der Waals surface area (Å²) in [5.74, 6) is 0.138. The Bertz CT molecular complexity index is 1020. The lowest BCUT2D eigenvalue weighted by atomic mass is 10.2. The van der Waals surface area contributed by atoms with E-state index in [-0.39, 0.29) is 9.47 Å². The number of nitrogens with zero attached hydrogens (tertiary/aromatic N) is 2. The van der Waals surface area contributed by atoms with E-state index in [1.807, 2.05) is 25.1 Å². The molecule has 0 saturated carbocycles. The van der Waals surface area contributed by atoms with Gasteiger partial charge in [-0.2, -0.15) is 8.42 Å². The average molecular weight is 419 g/mol. The number of nitrogens with one attached hydrogen (secondary N) is 2. The summed E-state index contributed by atoms with van der Waals surface area (Å²) in [7, 11) is -3.89. The fraction of sp³-hybridized carbons (Fsp3) is 0.167. The van der Waals surface area contributed by atoms with Crippen LogP contribution in [0.2, 0.25) is 0 Å². The largest absolute Gasteiger partial charge is 0.481 e. The Hall–Kier alpha value is -2.98. The second kappa shape index (κ2) is 8.81. The van der Waals surface area contributed by atoms with Crippen LogP contribution in [0.3, 0.4) is 0 Å². The molecule has 1 amide bonds. The van der Waals surface area contributed by atoms with Gasteiger partial charge in [-0.05, 0) is 30.7 Å². The SMILES string of the molecule is CC[C@@H](Oc1ccccc1)C(=O)Nc1nnc(S(=O)(=O)Nc2ccccc2)s1. The molecule has 0 radical (unpaired) electrons. The van der Waals surface area contributed by atoms with Gasteiger partial charge in [0.05, 0.1) is 0 Å². The van der Waals surface area contributed by atoms with E-state index >= 15 is 0 Å². The van der Waals surface area contributed by atoms with Crippen LogP contribution in [0, 0.1) is 0 Å². The molecule has 3 rings (SSSR count). The Morgan fingerprint density at radius 1 is 1.07 bits per heavy atom. The molecule has 0 aliphatic carbocycles. The standard InChI is InChI=1S/C18H18N4O4S2/c1-2-15(26-14-11-7-4-8-12-14)16(23)19-17-20-21-18(27-17)28(24,25)22-13-9-5-3-6-10-13/h3-12,15,22H,2H2,1H3,(H,19,20,23)/t15-/m1/s1. The predicted molar refractivity (Wildman–Crippen MR) is 107 cm³/mol. The van der Waals surface area contributed by atoms with Crippen LogP contribution in [0.5, 0.6) is 5.75 Å². The quantitative estimate of drug-likeness (QED) is 0.544. The minimum Gasteiger partial charge on any atom is -0.481 e. The lowest BCUT2D eigenvalue weighted by Crippen LogP contribution is -2.32. The molecule has 0 aliphatic rings. The minimum atomic E-state index is -3.89. The molecule has 0 aliphatic heterocycles. The van der Waals surface area contributed by atoms with Crippen molar-refractivity contribution in [3.05, 3.63) is 60.7 Å². The zero-order valence-electron chi connectivity index (χ0n) is 14.9. The summed E-state index contributed by atoms with van der Waals surface area (Å²) in [5.41, 5.74) is 0.408. The highest BCUT2D eigenvalue weighted by molar-refractivity contribution is 7.94. The third-order valence-electron chi connectivity index (χ3n) is 3.58. The Balaban J connectivity index is 1.67. The van der Waals surface area contributed by atoms with Crippen molar-refractivity contribution in [3.8, 4) is 5.75 Å². The van der Waals surface area contributed by atoms with Gasteiger partial charge in [-0.15, -0.1) is 10.2 Å². The Morgan fingerprint density at radius 2 is 1.71 bits per heavy atom. The van der Waals surface area contributed by atoms with Gasteiger partial charge in [0.1, 0.15) is 5.75 Å².